The first-order valence-corrected chi connectivity index (χ1v) is 12.8. The smallest absolute Gasteiger partial charge is 0.226 e. The molecule has 0 bridgehead atoms. The van der Waals surface area contributed by atoms with Crippen LogP contribution in [-0.2, 0) is 22.8 Å². The van der Waals surface area contributed by atoms with Gasteiger partial charge in [0.25, 0.3) is 0 Å². The summed E-state index contributed by atoms with van der Waals surface area (Å²) in [5.74, 6) is 1.62. The van der Waals surface area contributed by atoms with E-state index in [1.54, 1.807) is 12.3 Å². The van der Waals surface area contributed by atoms with Crippen molar-refractivity contribution >= 4 is 32.6 Å². The highest BCUT2D eigenvalue weighted by Crippen LogP contribution is 2.37. The van der Waals surface area contributed by atoms with Gasteiger partial charge in [0.1, 0.15) is 5.82 Å². The third-order valence-corrected chi connectivity index (χ3v) is 7.32. The van der Waals surface area contributed by atoms with Crippen molar-refractivity contribution in [2.45, 2.75) is 58.5 Å². The molecule has 0 amide bonds. The minimum absolute atomic E-state index is 0.0525. The van der Waals surface area contributed by atoms with Gasteiger partial charge in [-0.1, -0.05) is 20.8 Å². The normalized spacial score (nSPS) is 16.6. The van der Waals surface area contributed by atoms with Crippen molar-refractivity contribution in [1.82, 2.24) is 19.5 Å². The highest BCUT2D eigenvalue weighted by Gasteiger charge is 2.35. The predicted molar refractivity (Wildman–Crippen MR) is 124 cm³/mol. The Hall–Kier alpha value is -2.81. The highest BCUT2D eigenvalue weighted by molar-refractivity contribution is 7.90. The van der Waals surface area contributed by atoms with E-state index in [2.05, 4.69) is 33.3 Å². The van der Waals surface area contributed by atoms with E-state index in [0.717, 1.165) is 22.4 Å². The van der Waals surface area contributed by atoms with Gasteiger partial charge in [-0.15, -0.1) is 0 Å². The number of ketones is 1. The van der Waals surface area contributed by atoms with Crippen LogP contribution < -0.4 is 4.90 Å². The van der Waals surface area contributed by atoms with Gasteiger partial charge < -0.3 is 9.47 Å². The molecule has 32 heavy (non-hydrogen) atoms. The summed E-state index contributed by atoms with van der Waals surface area (Å²) in [4.78, 5) is 28.4. The second-order valence-electron chi connectivity index (χ2n) is 8.80. The zero-order chi connectivity index (χ0) is 23.4. The highest BCUT2D eigenvalue weighted by atomic mass is 32.2. The summed E-state index contributed by atoms with van der Waals surface area (Å²) in [5.41, 5.74) is 3.62. The molecule has 9 heteroatoms. The summed E-state index contributed by atoms with van der Waals surface area (Å²) in [6.45, 7) is 10.8. The number of Topliss-reactive ketones (excluding diaryl/α,β-unsaturated/α-hetero) is 1. The first kappa shape index (κ1) is 22.4. The van der Waals surface area contributed by atoms with E-state index in [4.69, 9.17) is 4.98 Å². The van der Waals surface area contributed by atoms with Crippen LogP contribution in [0, 0.1) is 12.8 Å². The van der Waals surface area contributed by atoms with Gasteiger partial charge in [0.05, 0.1) is 33.2 Å². The van der Waals surface area contributed by atoms with E-state index in [0.29, 0.717) is 41.6 Å². The molecule has 8 nitrogen and oxygen atoms in total. The minimum Gasteiger partial charge on any atom is -0.329 e. The van der Waals surface area contributed by atoms with Crippen molar-refractivity contribution in [3.8, 4) is 0 Å². The molecule has 0 saturated heterocycles. The summed E-state index contributed by atoms with van der Waals surface area (Å²) in [5, 5.41) is 0. The van der Waals surface area contributed by atoms with Gasteiger partial charge in [-0.2, -0.15) is 0 Å². The summed E-state index contributed by atoms with van der Waals surface area (Å²) in [6, 6.07) is 3.60. The molecule has 0 N–H and O–H groups in total. The van der Waals surface area contributed by atoms with E-state index in [1.807, 2.05) is 19.9 Å². The molecule has 3 heterocycles. The molecular weight excluding hydrogens is 426 g/mol. The van der Waals surface area contributed by atoms with E-state index in [9.17, 15) is 13.2 Å². The number of aryl methyl sites for hydroxylation is 2. The van der Waals surface area contributed by atoms with Crippen LogP contribution in [0.5, 0.6) is 0 Å². The first-order valence-electron chi connectivity index (χ1n) is 10.9. The van der Waals surface area contributed by atoms with E-state index in [1.165, 1.54) is 13.2 Å². The Labute approximate surface area is 188 Å². The predicted octanol–water partition coefficient (Wildman–Crippen LogP) is 3.52. The summed E-state index contributed by atoms with van der Waals surface area (Å²) < 4.78 is 26.9. The van der Waals surface area contributed by atoms with Gasteiger partial charge in [0.2, 0.25) is 5.95 Å². The molecule has 0 aliphatic carbocycles. The van der Waals surface area contributed by atoms with Crippen LogP contribution in [-0.4, -0.2) is 46.5 Å². The second-order valence-corrected chi connectivity index (χ2v) is 10.8. The standard InChI is InChI=1S/C23H29N5O3S/c1-7-16-10-18-19(11-20(16)32(6,30)31)27-8-9-28(21(13(2)3)22(27)26-18)23-24-12-17(15(5)29)14(4)25-23/h10-13,21H,7-9H2,1-6H3/t21-/m1/s1. The van der Waals surface area contributed by atoms with Crippen molar-refractivity contribution in [3.63, 3.8) is 0 Å². The Balaban J connectivity index is 1.86. The summed E-state index contributed by atoms with van der Waals surface area (Å²) in [6.07, 6.45) is 3.47. The van der Waals surface area contributed by atoms with E-state index < -0.39 is 9.84 Å². The zero-order valence-electron chi connectivity index (χ0n) is 19.4. The first-order chi connectivity index (χ1) is 15.0. The number of nitrogens with zero attached hydrogens (tertiary/aromatic N) is 5. The Bertz CT molecular complexity index is 1330. The molecule has 1 aliphatic rings. The van der Waals surface area contributed by atoms with Gasteiger partial charge in [-0.25, -0.2) is 23.4 Å². The molecule has 0 unspecified atom stereocenters. The molecule has 1 atom stereocenters. The lowest BCUT2D eigenvalue weighted by molar-refractivity contribution is 0.101. The van der Waals surface area contributed by atoms with Crippen LogP contribution in [0.2, 0.25) is 0 Å². The molecule has 0 spiro atoms. The van der Waals surface area contributed by atoms with Gasteiger partial charge >= 0.3 is 0 Å². The summed E-state index contributed by atoms with van der Waals surface area (Å²) >= 11 is 0. The van der Waals surface area contributed by atoms with Crippen molar-refractivity contribution in [1.29, 1.82) is 0 Å². The third-order valence-electron chi connectivity index (χ3n) is 6.14. The van der Waals surface area contributed by atoms with Crippen molar-refractivity contribution in [2.75, 3.05) is 17.7 Å². The Kier molecular flexibility index (Phi) is 5.56. The van der Waals surface area contributed by atoms with Crippen LogP contribution in [0.15, 0.2) is 23.2 Å². The number of fused-ring (bicyclic) bond motifs is 3. The topological polar surface area (TPSA) is 98.0 Å². The van der Waals surface area contributed by atoms with Crippen LogP contribution in [0.3, 0.4) is 0 Å². The maximum atomic E-state index is 12.4. The van der Waals surface area contributed by atoms with Crippen LogP contribution in [0.4, 0.5) is 5.95 Å². The lowest BCUT2D eigenvalue weighted by Crippen LogP contribution is -2.42. The molecule has 1 aromatic carbocycles. The fourth-order valence-corrected chi connectivity index (χ4v) is 5.61. The Morgan fingerprint density at radius 2 is 1.94 bits per heavy atom. The SMILES string of the molecule is CCc1cc2nc3n(c2cc1S(C)(=O)=O)CCN(c1ncc(C(C)=O)c(C)n1)[C@@H]3C(C)C. The van der Waals surface area contributed by atoms with Gasteiger partial charge in [0, 0.05) is 25.5 Å². The molecule has 1 aliphatic heterocycles. The third kappa shape index (κ3) is 3.68. The minimum atomic E-state index is -3.34. The Morgan fingerprint density at radius 1 is 1.22 bits per heavy atom. The second kappa shape index (κ2) is 7.95. The number of anilines is 1. The number of hydrogen-bond donors (Lipinski definition) is 0. The molecule has 0 saturated carbocycles. The quantitative estimate of drug-likeness (QED) is 0.543. The Morgan fingerprint density at radius 3 is 2.50 bits per heavy atom. The molecule has 4 rings (SSSR count). The van der Waals surface area contributed by atoms with Crippen molar-refractivity contribution < 1.29 is 13.2 Å². The lowest BCUT2D eigenvalue weighted by atomic mass is 10.00. The lowest BCUT2D eigenvalue weighted by Gasteiger charge is -2.38. The zero-order valence-corrected chi connectivity index (χ0v) is 20.2. The fourth-order valence-electron chi connectivity index (χ4n) is 4.60. The van der Waals surface area contributed by atoms with E-state index >= 15 is 0 Å². The molecule has 2 aromatic heterocycles. The average molecular weight is 456 g/mol. The molecule has 3 aromatic rings. The van der Waals surface area contributed by atoms with Gasteiger partial charge in [-0.05, 0) is 43.9 Å². The number of aromatic nitrogens is 4. The maximum Gasteiger partial charge on any atom is 0.226 e. The van der Waals surface area contributed by atoms with Gasteiger partial charge in [-0.3, -0.25) is 4.79 Å². The molecule has 0 radical (unpaired) electrons. The van der Waals surface area contributed by atoms with Crippen LogP contribution in [0.1, 0.15) is 61.2 Å². The monoisotopic (exact) mass is 455 g/mol. The number of hydrogen-bond acceptors (Lipinski definition) is 7. The average Bonchev–Trinajstić information content (AvgIpc) is 3.08. The van der Waals surface area contributed by atoms with Crippen LogP contribution >= 0.6 is 0 Å². The molecule has 0 fully saturated rings. The summed E-state index contributed by atoms with van der Waals surface area (Å²) in [7, 11) is -3.34. The number of carbonyl (C=O) groups is 1. The van der Waals surface area contributed by atoms with Crippen molar-refractivity contribution in [3.05, 3.63) is 41.0 Å². The number of benzene rings is 1. The number of carbonyl (C=O) groups excluding carboxylic acids is 1. The number of imidazole rings is 1. The fraction of sp³-hybridized carbons (Fsp3) is 0.478. The maximum absolute atomic E-state index is 12.4. The molecule has 170 valence electrons. The number of rotatable bonds is 5. The van der Waals surface area contributed by atoms with Gasteiger partial charge in [0.15, 0.2) is 15.6 Å². The largest absolute Gasteiger partial charge is 0.329 e. The van der Waals surface area contributed by atoms with Crippen molar-refractivity contribution in [2.24, 2.45) is 5.92 Å². The molecular formula is C23H29N5O3S. The van der Waals surface area contributed by atoms with E-state index in [-0.39, 0.29) is 17.7 Å². The number of sulfone groups is 1. The van der Waals surface area contributed by atoms with Crippen LogP contribution in [0.25, 0.3) is 11.0 Å².